The topological polar surface area (TPSA) is 87.8 Å². The molecule has 1 heterocycles. The first-order valence-corrected chi connectivity index (χ1v) is 10.4. The Hall–Kier alpha value is -0.870. The fourth-order valence-corrected chi connectivity index (χ4v) is 4.36. The molecule has 0 amide bonds. The van der Waals surface area contributed by atoms with Crippen molar-refractivity contribution in [1.82, 2.24) is 4.31 Å². The second-order valence-electron chi connectivity index (χ2n) is 6.79. The zero-order valence-electron chi connectivity index (χ0n) is 14.6. The summed E-state index contributed by atoms with van der Waals surface area (Å²) in [5.74, 6) is 0.821. The molecule has 0 bridgehead atoms. The smallest absolute Gasteiger partial charge is 0.211 e. The molecule has 1 aliphatic heterocycles. The molecule has 0 aromatic heterocycles. The summed E-state index contributed by atoms with van der Waals surface area (Å²) >= 11 is 0. The van der Waals surface area contributed by atoms with E-state index < -0.39 is 10.0 Å². The third kappa shape index (κ3) is 5.55. The van der Waals surface area contributed by atoms with E-state index in [2.05, 4.69) is 28.5 Å². The molecule has 8 heteroatoms. The number of hydrogen-bond donors (Lipinski definition) is 2. The number of sulfonamides is 1. The van der Waals surface area contributed by atoms with Gasteiger partial charge in [0.2, 0.25) is 10.0 Å². The van der Waals surface area contributed by atoms with Crippen LogP contribution in [0.5, 0.6) is 0 Å². The maximum Gasteiger partial charge on any atom is 0.211 e. The molecule has 140 valence electrons. The molecule has 0 radical (unpaired) electrons. The van der Waals surface area contributed by atoms with Crippen molar-refractivity contribution >= 4 is 45.6 Å². The van der Waals surface area contributed by atoms with E-state index in [1.165, 1.54) is 30.2 Å². The predicted octanol–water partition coefficient (Wildman–Crippen LogP) is 2.19. The Balaban J connectivity index is 0.00000225. The van der Waals surface area contributed by atoms with Crippen LogP contribution in [-0.2, 0) is 22.9 Å². The molecule has 0 unspecified atom stereocenters. The molecule has 1 aliphatic carbocycles. The van der Waals surface area contributed by atoms with E-state index in [-0.39, 0.29) is 24.0 Å². The largest absolute Gasteiger partial charge is 0.370 e. The third-order valence-corrected chi connectivity index (χ3v) is 6.24. The van der Waals surface area contributed by atoms with Gasteiger partial charge in [-0.3, -0.25) is 4.99 Å². The summed E-state index contributed by atoms with van der Waals surface area (Å²) in [6, 6.07) is 6.38. The number of guanidine groups is 1. The highest BCUT2D eigenvalue weighted by atomic mass is 127. The Labute approximate surface area is 167 Å². The fourth-order valence-electron chi connectivity index (χ4n) is 3.49. The zero-order valence-corrected chi connectivity index (χ0v) is 17.7. The lowest BCUT2D eigenvalue weighted by Gasteiger charge is -2.29. The molecule has 1 saturated heterocycles. The van der Waals surface area contributed by atoms with Crippen LogP contribution in [0.4, 0.5) is 5.69 Å². The highest BCUT2D eigenvalue weighted by Crippen LogP contribution is 2.25. The summed E-state index contributed by atoms with van der Waals surface area (Å²) in [4.78, 5) is 4.44. The van der Waals surface area contributed by atoms with Crippen molar-refractivity contribution in [3.8, 4) is 0 Å². The lowest BCUT2D eigenvalue weighted by molar-refractivity contribution is 0.280. The van der Waals surface area contributed by atoms with Gasteiger partial charge in [0.15, 0.2) is 5.96 Å². The molecular weight excluding hydrogens is 451 g/mol. The molecule has 1 aromatic carbocycles. The van der Waals surface area contributed by atoms with Crippen molar-refractivity contribution in [2.24, 2.45) is 16.6 Å². The van der Waals surface area contributed by atoms with E-state index in [0.717, 1.165) is 24.9 Å². The number of aliphatic imine (C=N–C) groups is 1. The number of nitrogens with two attached hydrogens (primary N) is 1. The van der Waals surface area contributed by atoms with Crippen molar-refractivity contribution in [3.63, 3.8) is 0 Å². The third-order valence-electron chi connectivity index (χ3n) is 4.93. The molecule has 0 saturated carbocycles. The Kier molecular flexibility index (Phi) is 7.10. The summed E-state index contributed by atoms with van der Waals surface area (Å²) in [6.45, 7) is 1.80. The normalized spacial score (nSPS) is 19.3. The van der Waals surface area contributed by atoms with E-state index in [4.69, 9.17) is 5.73 Å². The summed E-state index contributed by atoms with van der Waals surface area (Å²) in [6.07, 6.45) is 6.48. The van der Waals surface area contributed by atoms with E-state index in [1.807, 2.05) is 0 Å². The van der Waals surface area contributed by atoms with Gasteiger partial charge in [0.05, 0.1) is 6.26 Å². The molecule has 2 aliphatic rings. The summed E-state index contributed by atoms with van der Waals surface area (Å²) in [7, 11) is -3.07. The van der Waals surface area contributed by atoms with E-state index in [1.54, 1.807) is 4.31 Å². The van der Waals surface area contributed by atoms with Crippen LogP contribution in [0, 0.1) is 5.92 Å². The van der Waals surface area contributed by atoms with E-state index >= 15 is 0 Å². The quantitative estimate of drug-likeness (QED) is 0.395. The first kappa shape index (κ1) is 20.4. The molecule has 1 fully saturated rings. The Morgan fingerprint density at radius 1 is 1.28 bits per heavy atom. The van der Waals surface area contributed by atoms with Crippen molar-refractivity contribution in [1.29, 1.82) is 0 Å². The van der Waals surface area contributed by atoms with Crippen LogP contribution < -0.4 is 11.1 Å². The maximum absolute atomic E-state index is 11.5. The van der Waals surface area contributed by atoms with Gasteiger partial charge in [-0.2, -0.15) is 0 Å². The number of fused-ring (bicyclic) bond motifs is 1. The number of nitrogens with one attached hydrogen (secondary N) is 1. The molecule has 1 aromatic rings. The number of halogens is 1. The zero-order chi connectivity index (χ0) is 17.2. The Morgan fingerprint density at radius 3 is 2.64 bits per heavy atom. The fraction of sp³-hybridized carbons (Fsp3) is 0.588. The lowest BCUT2D eigenvalue weighted by Crippen LogP contribution is -2.38. The van der Waals surface area contributed by atoms with Crippen LogP contribution in [0.3, 0.4) is 0 Å². The second-order valence-corrected chi connectivity index (χ2v) is 8.78. The SMILES string of the molecule is CS(=O)(=O)N1CCC(CN=C(N)Nc2ccc3c(c2)CCC3)CC1.I. The van der Waals surface area contributed by atoms with Gasteiger partial charge in [-0.15, -0.1) is 24.0 Å². The molecular formula is C17H27IN4O2S. The number of benzene rings is 1. The minimum Gasteiger partial charge on any atom is -0.370 e. The van der Waals surface area contributed by atoms with E-state index in [9.17, 15) is 8.42 Å². The summed E-state index contributed by atoms with van der Waals surface area (Å²) in [5.41, 5.74) is 9.83. The number of rotatable bonds is 4. The maximum atomic E-state index is 11.5. The van der Waals surface area contributed by atoms with Gasteiger partial charge in [0.1, 0.15) is 0 Å². The Bertz CT molecular complexity index is 728. The van der Waals surface area contributed by atoms with Crippen LogP contribution in [0.2, 0.25) is 0 Å². The number of anilines is 1. The summed E-state index contributed by atoms with van der Waals surface area (Å²) < 4.78 is 24.6. The molecule has 0 atom stereocenters. The van der Waals surface area contributed by atoms with Crippen molar-refractivity contribution in [2.45, 2.75) is 32.1 Å². The van der Waals surface area contributed by atoms with Gasteiger partial charge in [-0.25, -0.2) is 12.7 Å². The number of hydrogen-bond acceptors (Lipinski definition) is 3. The number of piperidine rings is 1. The lowest BCUT2D eigenvalue weighted by atomic mass is 9.98. The molecule has 6 nitrogen and oxygen atoms in total. The molecule has 3 rings (SSSR count). The van der Waals surface area contributed by atoms with Gasteiger partial charge >= 0.3 is 0 Å². The first-order chi connectivity index (χ1) is 11.4. The highest BCUT2D eigenvalue weighted by molar-refractivity contribution is 14.0. The second kappa shape index (κ2) is 8.68. The van der Waals surface area contributed by atoms with E-state index in [0.29, 0.717) is 31.5 Å². The molecule has 0 spiro atoms. The van der Waals surface area contributed by atoms with Crippen molar-refractivity contribution < 1.29 is 8.42 Å². The van der Waals surface area contributed by atoms with Crippen LogP contribution in [0.15, 0.2) is 23.2 Å². The van der Waals surface area contributed by atoms with Crippen LogP contribution in [0.25, 0.3) is 0 Å². The first-order valence-electron chi connectivity index (χ1n) is 8.56. The van der Waals surface area contributed by atoms with Crippen LogP contribution in [0.1, 0.15) is 30.4 Å². The van der Waals surface area contributed by atoms with Gasteiger partial charge in [0.25, 0.3) is 0 Å². The van der Waals surface area contributed by atoms with Gasteiger partial charge in [0, 0.05) is 25.3 Å². The summed E-state index contributed by atoms with van der Waals surface area (Å²) in [5, 5.41) is 3.17. The highest BCUT2D eigenvalue weighted by Gasteiger charge is 2.24. The van der Waals surface area contributed by atoms with Gasteiger partial charge in [-0.05, 0) is 61.3 Å². The minimum atomic E-state index is -3.07. The van der Waals surface area contributed by atoms with Crippen molar-refractivity contribution in [2.75, 3.05) is 31.2 Å². The molecule has 25 heavy (non-hydrogen) atoms. The van der Waals surface area contributed by atoms with Crippen LogP contribution in [-0.4, -0.2) is 44.6 Å². The standard InChI is InChI=1S/C17H26N4O2S.HI/c1-24(22,23)21-9-7-13(8-10-21)12-19-17(18)20-16-6-5-14-3-2-4-15(14)11-16;/h5-6,11,13H,2-4,7-10,12H2,1H3,(H3,18,19,20);1H. The molecule has 3 N–H and O–H groups in total. The van der Waals surface area contributed by atoms with Crippen molar-refractivity contribution in [3.05, 3.63) is 29.3 Å². The number of aryl methyl sites for hydroxylation is 2. The number of nitrogens with zero attached hydrogens (tertiary/aromatic N) is 2. The minimum absolute atomic E-state index is 0. The Morgan fingerprint density at radius 2 is 1.96 bits per heavy atom. The van der Waals surface area contributed by atoms with Gasteiger partial charge < -0.3 is 11.1 Å². The predicted molar refractivity (Wildman–Crippen MR) is 113 cm³/mol. The average Bonchev–Trinajstić information content (AvgIpc) is 3.00. The monoisotopic (exact) mass is 478 g/mol. The van der Waals surface area contributed by atoms with Gasteiger partial charge in [-0.1, -0.05) is 6.07 Å². The average molecular weight is 478 g/mol. The van der Waals surface area contributed by atoms with Crippen LogP contribution >= 0.6 is 24.0 Å².